The van der Waals surface area contributed by atoms with Gasteiger partial charge in [-0.25, -0.2) is 4.79 Å². The van der Waals surface area contributed by atoms with E-state index in [1.807, 2.05) is 43.3 Å². The van der Waals surface area contributed by atoms with Gasteiger partial charge in [0.1, 0.15) is 11.4 Å². The number of ether oxygens (including phenoxy) is 1. The number of nitriles is 1. The van der Waals surface area contributed by atoms with Crippen molar-refractivity contribution < 1.29 is 22.7 Å². The first-order valence-corrected chi connectivity index (χ1v) is 12.2. The van der Waals surface area contributed by atoms with E-state index in [4.69, 9.17) is 5.26 Å². The number of halogens is 3. The molecular weight excluding hydrogens is 509 g/mol. The molecule has 2 heterocycles. The lowest BCUT2D eigenvalue weighted by molar-refractivity contribution is -0.274. The zero-order valence-electron chi connectivity index (χ0n) is 20.8. The SMILES string of the molecule is CC1CN(C(=O)Nc2ccc(OC(F)(F)F)cc2)CCN1c1nnc(-c2ccc(C#N)cc2)c2ccccc12. The number of benzene rings is 3. The Morgan fingerprint density at radius 2 is 1.69 bits per heavy atom. The van der Waals surface area contributed by atoms with E-state index >= 15 is 0 Å². The van der Waals surface area contributed by atoms with E-state index in [-0.39, 0.29) is 17.8 Å². The molecule has 2 amide bonds. The average molecular weight is 533 g/mol. The van der Waals surface area contributed by atoms with Crippen LogP contribution in [0.1, 0.15) is 12.5 Å². The molecule has 1 aliphatic heterocycles. The Balaban J connectivity index is 1.30. The number of fused-ring (bicyclic) bond motifs is 1. The molecule has 0 spiro atoms. The van der Waals surface area contributed by atoms with Crippen LogP contribution in [0.5, 0.6) is 5.75 Å². The van der Waals surface area contributed by atoms with E-state index in [0.717, 1.165) is 40.0 Å². The predicted molar refractivity (Wildman–Crippen MR) is 140 cm³/mol. The van der Waals surface area contributed by atoms with Crippen LogP contribution in [-0.2, 0) is 0 Å². The van der Waals surface area contributed by atoms with Crippen molar-refractivity contribution in [1.29, 1.82) is 5.26 Å². The van der Waals surface area contributed by atoms with Gasteiger partial charge in [0.2, 0.25) is 0 Å². The van der Waals surface area contributed by atoms with Crippen LogP contribution in [0, 0.1) is 11.3 Å². The van der Waals surface area contributed by atoms with Gasteiger partial charge < -0.3 is 19.9 Å². The first-order valence-electron chi connectivity index (χ1n) is 12.2. The number of aromatic nitrogens is 2. The third-order valence-electron chi connectivity index (χ3n) is 6.48. The van der Waals surface area contributed by atoms with Gasteiger partial charge in [-0.3, -0.25) is 0 Å². The number of alkyl halides is 3. The van der Waals surface area contributed by atoms with Crippen LogP contribution < -0.4 is 15.0 Å². The van der Waals surface area contributed by atoms with Crippen molar-refractivity contribution in [1.82, 2.24) is 15.1 Å². The van der Waals surface area contributed by atoms with Gasteiger partial charge in [0.25, 0.3) is 0 Å². The van der Waals surface area contributed by atoms with E-state index in [0.29, 0.717) is 30.9 Å². The maximum Gasteiger partial charge on any atom is 0.573 e. The third-order valence-corrected chi connectivity index (χ3v) is 6.48. The Labute approximate surface area is 222 Å². The minimum atomic E-state index is -4.78. The van der Waals surface area contributed by atoms with Crippen LogP contribution in [0.25, 0.3) is 22.0 Å². The number of nitrogens with one attached hydrogen (secondary N) is 1. The molecule has 1 atom stereocenters. The second-order valence-corrected chi connectivity index (χ2v) is 9.10. The molecule has 5 rings (SSSR count). The van der Waals surface area contributed by atoms with Gasteiger partial charge in [-0.05, 0) is 43.3 Å². The van der Waals surface area contributed by atoms with E-state index in [2.05, 4.69) is 31.2 Å². The summed E-state index contributed by atoms with van der Waals surface area (Å²) in [7, 11) is 0. The van der Waals surface area contributed by atoms with Gasteiger partial charge in [-0.2, -0.15) is 5.26 Å². The zero-order chi connectivity index (χ0) is 27.6. The highest BCUT2D eigenvalue weighted by Crippen LogP contribution is 2.33. The summed E-state index contributed by atoms with van der Waals surface area (Å²) in [5.41, 5.74) is 2.50. The van der Waals surface area contributed by atoms with Gasteiger partial charge in [0, 0.05) is 47.7 Å². The molecule has 1 aromatic heterocycles. The molecule has 0 radical (unpaired) electrons. The topological polar surface area (TPSA) is 94.4 Å². The lowest BCUT2D eigenvalue weighted by atomic mass is 10.0. The Morgan fingerprint density at radius 3 is 2.33 bits per heavy atom. The number of hydrogen-bond donors (Lipinski definition) is 1. The van der Waals surface area contributed by atoms with Crippen molar-refractivity contribution in [2.75, 3.05) is 29.9 Å². The Kier molecular flexibility index (Phi) is 6.94. The summed E-state index contributed by atoms with van der Waals surface area (Å²) >= 11 is 0. The molecule has 1 N–H and O–H groups in total. The fraction of sp³-hybridized carbons (Fsp3) is 0.214. The Hall–Kier alpha value is -4.85. The number of amides is 2. The number of piperazine rings is 1. The average Bonchev–Trinajstić information content (AvgIpc) is 2.93. The van der Waals surface area contributed by atoms with E-state index in [1.165, 1.54) is 12.1 Å². The van der Waals surface area contributed by atoms with Crippen LogP contribution in [0.4, 0.5) is 29.5 Å². The van der Waals surface area contributed by atoms with Crippen molar-refractivity contribution in [2.45, 2.75) is 19.3 Å². The molecule has 1 saturated heterocycles. The van der Waals surface area contributed by atoms with E-state index < -0.39 is 6.36 Å². The van der Waals surface area contributed by atoms with E-state index in [9.17, 15) is 18.0 Å². The molecule has 0 aliphatic carbocycles. The number of carbonyl (C=O) groups excluding carboxylic acids is 1. The summed E-state index contributed by atoms with van der Waals surface area (Å²) in [6.07, 6.45) is -4.78. The number of nitrogens with zero attached hydrogens (tertiary/aromatic N) is 5. The molecule has 39 heavy (non-hydrogen) atoms. The first kappa shape index (κ1) is 25.8. The van der Waals surface area contributed by atoms with Gasteiger partial charge in [0.15, 0.2) is 5.82 Å². The summed E-state index contributed by atoms with van der Waals surface area (Å²) in [5, 5.41) is 22.8. The smallest absolute Gasteiger partial charge is 0.406 e. The van der Waals surface area contributed by atoms with Crippen molar-refractivity contribution >= 4 is 28.3 Å². The molecular formula is C28H23F3N6O2. The van der Waals surface area contributed by atoms with Gasteiger partial charge in [-0.15, -0.1) is 23.4 Å². The fourth-order valence-corrected chi connectivity index (χ4v) is 4.62. The number of rotatable bonds is 4. The normalized spacial score (nSPS) is 15.6. The molecule has 198 valence electrons. The lowest BCUT2D eigenvalue weighted by Gasteiger charge is -2.40. The van der Waals surface area contributed by atoms with Crippen molar-refractivity contribution in [3.63, 3.8) is 0 Å². The summed E-state index contributed by atoms with van der Waals surface area (Å²) in [6, 6.07) is 21.8. The maximum absolute atomic E-state index is 12.9. The minimum Gasteiger partial charge on any atom is -0.406 e. The molecule has 0 saturated carbocycles. The highest BCUT2D eigenvalue weighted by molar-refractivity contribution is 6.00. The molecule has 1 fully saturated rings. The lowest BCUT2D eigenvalue weighted by Crippen LogP contribution is -2.55. The van der Waals surface area contributed by atoms with Gasteiger partial charge >= 0.3 is 12.4 Å². The standard InChI is InChI=1S/C28H23F3N6O2/c1-18-17-36(27(38)33-21-10-12-22(13-11-21)39-28(29,30)31)14-15-37(18)26-24-5-3-2-4-23(24)25(34-35-26)20-8-6-19(16-32)7-9-20/h2-13,18H,14-15,17H2,1H3,(H,33,38). The number of urea groups is 1. The molecule has 4 aromatic rings. The van der Waals surface area contributed by atoms with Gasteiger partial charge in [0.05, 0.1) is 11.6 Å². The van der Waals surface area contributed by atoms with Crippen LogP contribution in [0.3, 0.4) is 0 Å². The quantitative estimate of drug-likeness (QED) is 0.357. The molecule has 11 heteroatoms. The summed E-state index contributed by atoms with van der Waals surface area (Å²) in [5.74, 6) is 0.358. The van der Waals surface area contributed by atoms with E-state index in [1.54, 1.807) is 17.0 Å². The monoisotopic (exact) mass is 532 g/mol. The van der Waals surface area contributed by atoms with Crippen LogP contribution in [0.15, 0.2) is 72.8 Å². The summed E-state index contributed by atoms with van der Waals surface area (Å²) in [4.78, 5) is 16.6. The van der Waals surface area contributed by atoms with Crippen LogP contribution in [0.2, 0.25) is 0 Å². The molecule has 1 aliphatic rings. The fourth-order valence-electron chi connectivity index (χ4n) is 4.62. The number of anilines is 2. The third kappa shape index (κ3) is 5.70. The largest absolute Gasteiger partial charge is 0.573 e. The second-order valence-electron chi connectivity index (χ2n) is 9.10. The Bertz CT molecular complexity index is 1530. The highest BCUT2D eigenvalue weighted by atomic mass is 19.4. The number of carbonyl (C=O) groups is 1. The Morgan fingerprint density at radius 1 is 1.00 bits per heavy atom. The zero-order valence-corrected chi connectivity index (χ0v) is 20.8. The van der Waals surface area contributed by atoms with Crippen molar-refractivity contribution in [3.05, 3.63) is 78.4 Å². The van der Waals surface area contributed by atoms with Crippen LogP contribution in [-0.4, -0.2) is 53.2 Å². The predicted octanol–water partition coefficient (Wildman–Crippen LogP) is 5.81. The summed E-state index contributed by atoms with van der Waals surface area (Å²) < 4.78 is 41.0. The number of hydrogen-bond acceptors (Lipinski definition) is 6. The first-order chi connectivity index (χ1) is 18.7. The van der Waals surface area contributed by atoms with Crippen molar-refractivity contribution in [2.24, 2.45) is 0 Å². The minimum absolute atomic E-state index is 0.0782. The molecule has 8 nitrogen and oxygen atoms in total. The molecule has 1 unspecified atom stereocenters. The summed E-state index contributed by atoms with van der Waals surface area (Å²) in [6.45, 7) is 3.34. The maximum atomic E-state index is 12.9. The van der Waals surface area contributed by atoms with Gasteiger partial charge in [-0.1, -0.05) is 36.4 Å². The van der Waals surface area contributed by atoms with Crippen molar-refractivity contribution in [3.8, 4) is 23.1 Å². The molecule has 3 aromatic carbocycles. The van der Waals surface area contributed by atoms with Crippen LogP contribution >= 0.6 is 0 Å². The highest BCUT2D eigenvalue weighted by Gasteiger charge is 2.31. The molecule has 0 bridgehead atoms. The second kappa shape index (κ2) is 10.5.